The number of nitrogens with two attached hydrogens (primary N) is 2. The number of carbonyl (C=O) groups is 1. The third-order valence-corrected chi connectivity index (χ3v) is 7.16. The molecule has 2 aromatic carbocycles. The second-order valence-electron chi connectivity index (χ2n) is 8.37. The number of aromatic nitrogens is 2. The van der Waals surface area contributed by atoms with Crippen LogP contribution in [-0.2, 0) is 25.9 Å². The molecule has 34 heavy (non-hydrogen) atoms. The van der Waals surface area contributed by atoms with Gasteiger partial charge in [-0.25, -0.2) is 18.4 Å². The summed E-state index contributed by atoms with van der Waals surface area (Å²) in [6.07, 6.45) is 2.80. The Morgan fingerprint density at radius 1 is 1.12 bits per heavy atom. The molecule has 0 spiro atoms. The predicted molar refractivity (Wildman–Crippen MR) is 129 cm³/mol. The van der Waals surface area contributed by atoms with Crippen LogP contribution in [0.25, 0.3) is 11.4 Å². The molecule has 2 aliphatic rings. The number of ether oxygens (including phenoxy) is 1. The molecule has 0 saturated carbocycles. The molecule has 1 amide bonds. The largest absolute Gasteiger partial charge is 0.397 e. The number of amides is 1. The average molecular weight is 481 g/mol. The van der Waals surface area contributed by atoms with Crippen LogP contribution in [0.3, 0.4) is 0 Å². The maximum Gasteiger partial charge on any atom is 0.252 e. The lowest BCUT2D eigenvalue weighted by Gasteiger charge is -2.43. The Morgan fingerprint density at radius 3 is 2.59 bits per heavy atom. The van der Waals surface area contributed by atoms with Crippen molar-refractivity contribution in [2.45, 2.75) is 17.5 Å². The van der Waals surface area contributed by atoms with Gasteiger partial charge < -0.3 is 26.0 Å². The van der Waals surface area contributed by atoms with Gasteiger partial charge in [0.2, 0.25) is 0 Å². The summed E-state index contributed by atoms with van der Waals surface area (Å²) in [7, 11) is -3.31. The van der Waals surface area contributed by atoms with Crippen molar-refractivity contribution in [1.82, 2.24) is 9.97 Å². The highest BCUT2D eigenvalue weighted by molar-refractivity contribution is 7.90. The van der Waals surface area contributed by atoms with Crippen molar-refractivity contribution in [3.8, 4) is 11.4 Å². The Kier molecular flexibility index (Phi) is 5.37. The van der Waals surface area contributed by atoms with Gasteiger partial charge in [0.1, 0.15) is 11.7 Å². The highest BCUT2D eigenvalue weighted by Gasteiger charge is 2.41. The summed E-state index contributed by atoms with van der Waals surface area (Å²) in [6, 6.07) is 11.2. The predicted octanol–water partition coefficient (Wildman–Crippen LogP) is 1.46. The molecule has 1 fully saturated rings. The van der Waals surface area contributed by atoms with E-state index in [-0.39, 0.29) is 24.0 Å². The van der Waals surface area contributed by atoms with Crippen LogP contribution in [0.4, 0.5) is 22.9 Å². The molecule has 1 saturated heterocycles. The van der Waals surface area contributed by atoms with E-state index in [1.807, 2.05) is 4.90 Å². The lowest BCUT2D eigenvalue weighted by atomic mass is 10.1. The van der Waals surface area contributed by atoms with Crippen LogP contribution < -0.4 is 21.3 Å². The average Bonchev–Trinajstić information content (AvgIpc) is 2.83. The minimum absolute atomic E-state index is 0.118. The number of rotatable bonds is 4. The van der Waals surface area contributed by atoms with E-state index in [0.29, 0.717) is 41.9 Å². The molecule has 1 atom stereocenters. The first-order chi connectivity index (χ1) is 16.2. The van der Waals surface area contributed by atoms with E-state index in [9.17, 15) is 13.2 Å². The van der Waals surface area contributed by atoms with Crippen molar-refractivity contribution in [1.29, 1.82) is 0 Å². The number of fused-ring (bicyclic) bond motifs is 3. The lowest BCUT2D eigenvalue weighted by Crippen LogP contribution is -2.58. The van der Waals surface area contributed by atoms with Crippen LogP contribution in [0, 0.1) is 0 Å². The van der Waals surface area contributed by atoms with Crippen LogP contribution in [0.2, 0.25) is 0 Å². The number of sulfone groups is 1. The van der Waals surface area contributed by atoms with Gasteiger partial charge >= 0.3 is 0 Å². The van der Waals surface area contributed by atoms with E-state index in [1.54, 1.807) is 53.6 Å². The van der Waals surface area contributed by atoms with E-state index >= 15 is 0 Å². The molecule has 176 valence electrons. The van der Waals surface area contributed by atoms with E-state index in [0.717, 1.165) is 17.4 Å². The van der Waals surface area contributed by atoms with Gasteiger partial charge in [-0.1, -0.05) is 12.1 Å². The molecule has 11 heteroatoms. The molecular formula is C23H24N6O4S. The highest BCUT2D eigenvalue weighted by atomic mass is 32.2. The quantitative estimate of drug-likeness (QED) is 0.530. The zero-order valence-electron chi connectivity index (χ0n) is 18.5. The zero-order valence-corrected chi connectivity index (χ0v) is 19.3. The summed E-state index contributed by atoms with van der Waals surface area (Å²) in [4.78, 5) is 26.5. The van der Waals surface area contributed by atoms with Gasteiger partial charge in [-0.2, -0.15) is 0 Å². The smallest absolute Gasteiger partial charge is 0.252 e. The Morgan fingerprint density at radius 2 is 1.88 bits per heavy atom. The maximum atomic E-state index is 13.4. The number of morpholine rings is 1. The van der Waals surface area contributed by atoms with Gasteiger partial charge in [0, 0.05) is 18.4 Å². The number of anilines is 4. The molecule has 2 aliphatic heterocycles. The number of nitrogens with zero attached hydrogens (tertiary/aromatic N) is 4. The Bertz CT molecular complexity index is 1380. The number of nitrogen functional groups attached to an aromatic ring is 2. The summed E-state index contributed by atoms with van der Waals surface area (Å²) in [5.41, 5.74) is 14.8. The summed E-state index contributed by atoms with van der Waals surface area (Å²) in [6.45, 7) is 1.53. The third-order valence-electron chi connectivity index (χ3n) is 6.03. The molecule has 10 nitrogen and oxygen atoms in total. The monoisotopic (exact) mass is 480 g/mol. The van der Waals surface area contributed by atoms with Crippen LogP contribution in [0.15, 0.2) is 53.6 Å². The van der Waals surface area contributed by atoms with Gasteiger partial charge in [0.15, 0.2) is 21.5 Å². The summed E-state index contributed by atoms with van der Waals surface area (Å²) in [5, 5.41) is 0. The lowest BCUT2D eigenvalue weighted by molar-refractivity contribution is -0.122. The number of hydrogen-bond donors (Lipinski definition) is 2. The summed E-state index contributed by atoms with van der Waals surface area (Å²) in [5.74, 6) is 0.996. The van der Waals surface area contributed by atoms with Crippen molar-refractivity contribution in [3.05, 3.63) is 54.2 Å². The van der Waals surface area contributed by atoms with Crippen LogP contribution in [0.5, 0.6) is 0 Å². The topological polar surface area (TPSA) is 145 Å². The van der Waals surface area contributed by atoms with Gasteiger partial charge in [-0.3, -0.25) is 4.79 Å². The normalized spacial score (nSPS) is 17.9. The fourth-order valence-corrected chi connectivity index (χ4v) is 4.80. The minimum Gasteiger partial charge on any atom is -0.397 e. The molecular weight excluding hydrogens is 456 g/mol. The van der Waals surface area contributed by atoms with E-state index in [2.05, 4.69) is 4.98 Å². The Balaban J connectivity index is 1.55. The summed E-state index contributed by atoms with van der Waals surface area (Å²) < 4.78 is 29.2. The molecule has 4 N–H and O–H groups in total. The molecule has 0 aliphatic carbocycles. The number of carbonyl (C=O) groups excluding carboxylic acids is 1. The van der Waals surface area contributed by atoms with Crippen molar-refractivity contribution >= 4 is 38.6 Å². The molecule has 5 rings (SSSR count). The summed E-state index contributed by atoms with van der Waals surface area (Å²) >= 11 is 0. The molecule has 1 unspecified atom stereocenters. The zero-order chi connectivity index (χ0) is 24.0. The van der Waals surface area contributed by atoms with Crippen LogP contribution in [0.1, 0.15) is 5.56 Å². The third kappa shape index (κ3) is 3.93. The maximum absolute atomic E-state index is 13.4. The molecule has 3 aromatic rings. The van der Waals surface area contributed by atoms with Gasteiger partial charge in [0.05, 0.1) is 42.2 Å². The standard InChI is InChI=1S/C23H24N6O4S/c1-34(31,32)16-5-2-14(3-6-16)12-29-19-11-26-21(15-4-7-17(24)18(25)10-15)27-22(19)28-8-9-33-13-20(28)23(29)30/h2-7,10-11,20H,8-9,12-13,24-25H2,1H3. The fraction of sp³-hybridized carbons (Fsp3) is 0.261. The first kappa shape index (κ1) is 22.1. The van der Waals surface area contributed by atoms with E-state index < -0.39 is 15.9 Å². The SMILES string of the molecule is CS(=O)(=O)c1ccc(CN2C(=O)C3COCCN3c3nc(-c4ccc(N)c(N)c4)ncc32)cc1. The number of benzene rings is 2. The molecule has 0 radical (unpaired) electrons. The second kappa shape index (κ2) is 8.26. The fourth-order valence-electron chi connectivity index (χ4n) is 4.17. The Hall–Kier alpha value is -3.70. The first-order valence-corrected chi connectivity index (χ1v) is 12.6. The van der Waals surface area contributed by atoms with Crippen molar-refractivity contribution < 1.29 is 17.9 Å². The van der Waals surface area contributed by atoms with Gasteiger partial charge in [0.25, 0.3) is 5.91 Å². The molecule has 3 heterocycles. The highest BCUT2D eigenvalue weighted by Crippen LogP contribution is 2.37. The molecule has 0 bridgehead atoms. The van der Waals surface area contributed by atoms with Crippen molar-refractivity contribution in [2.24, 2.45) is 0 Å². The van der Waals surface area contributed by atoms with E-state index in [1.165, 1.54) is 0 Å². The van der Waals surface area contributed by atoms with E-state index in [4.69, 9.17) is 21.2 Å². The number of hydrogen-bond acceptors (Lipinski definition) is 9. The van der Waals surface area contributed by atoms with Crippen LogP contribution >= 0.6 is 0 Å². The van der Waals surface area contributed by atoms with Crippen molar-refractivity contribution in [3.63, 3.8) is 0 Å². The van der Waals surface area contributed by atoms with Gasteiger partial charge in [-0.15, -0.1) is 0 Å². The second-order valence-corrected chi connectivity index (χ2v) is 10.4. The first-order valence-electron chi connectivity index (χ1n) is 10.7. The molecule has 1 aromatic heterocycles. The Labute approximate surface area is 197 Å². The minimum atomic E-state index is -3.31. The van der Waals surface area contributed by atoms with Crippen molar-refractivity contribution in [2.75, 3.05) is 47.3 Å². The van der Waals surface area contributed by atoms with Gasteiger partial charge in [-0.05, 0) is 35.9 Å². The van der Waals surface area contributed by atoms with Crippen LogP contribution in [-0.4, -0.2) is 56.3 Å².